The van der Waals surface area contributed by atoms with Crippen molar-refractivity contribution in [3.63, 3.8) is 0 Å². The average Bonchev–Trinajstić information content (AvgIpc) is 2.55. The summed E-state index contributed by atoms with van der Waals surface area (Å²) in [4.78, 5) is 12.1. The van der Waals surface area contributed by atoms with Crippen LogP contribution in [0.3, 0.4) is 0 Å². The van der Waals surface area contributed by atoms with Gasteiger partial charge in [-0.3, -0.25) is 4.79 Å². The van der Waals surface area contributed by atoms with Crippen LogP contribution in [0, 0.1) is 17.8 Å². The molecular formula is C21H30N2O2. The molecule has 0 unspecified atom stereocenters. The van der Waals surface area contributed by atoms with Crippen LogP contribution in [-0.4, -0.2) is 24.7 Å². The lowest BCUT2D eigenvalue weighted by Crippen LogP contribution is -2.54. The van der Waals surface area contributed by atoms with Gasteiger partial charge in [0.05, 0.1) is 11.4 Å². The molecule has 0 atom stereocenters. The van der Waals surface area contributed by atoms with Crippen molar-refractivity contribution in [3.05, 3.63) is 24.3 Å². The first kappa shape index (κ1) is 16.9. The molecule has 1 aromatic rings. The summed E-state index contributed by atoms with van der Waals surface area (Å²) in [6.07, 6.45) is 9.12. The highest BCUT2D eigenvalue weighted by atomic mass is 16.5. The normalized spacial score (nSPS) is 32.6. The van der Waals surface area contributed by atoms with Gasteiger partial charge in [0.1, 0.15) is 6.61 Å². The largest absolute Gasteiger partial charge is 0.378 e. The minimum atomic E-state index is -0.0757. The highest BCUT2D eigenvalue weighted by Gasteiger charge is 2.51. The Morgan fingerprint density at radius 2 is 1.68 bits per heavy atom. The summed E-state index contributed by atoms with van der Waals surface area (Å²) in [7, 11) is 0. The Morgan fingerprint density at radius 1 is 1.08 bits per heavy atom. The van der Waals surface area contributed by atoms with Crippen molar-refractivity contribution in [2.24, 2.45) is 17.8 Å². The summed E-state index contributed by atoms with van der Waals surface area (Å²) >= 11 is 0. The highest BCUT2D eigenvalue weighted by Crippen LogP contribution is 2.56. The molecule has 4 fully saturated rings. The van der Waals surface area contributed by atoms with E-state index in [1.54, 1.807) is 0 Å². The number of hydrogen-bond donors (Lipinski definition) is 2. The van der Waals surface area contributed by atoms with Crippen LogP contribution < -0.4 is 10.6 Å². The lowest BCUT2D eigenvalue weighted by Gasteiger charge is -2.57. The zero-order valence-electron chi connectivity index (χ0n) is 15.2. The molecule has 0 aliphatic heterocycles. The fourth-order valence-electron chi connectivity index (χ4n) is 5.75. The molecular weight excluding hydrogens is 312 g/mol. The number of amides is 1. The lowest BCUT2D eigenvalue weighted by atomic mass is 9.53. The van der Waals surface area contributed by atoms with Crippen LogP contribution in [0.25, 0.3) is 0 Å². The molecule has 4 heteroatoms. The molecule has 0 radical (unpaired) electrons. The number of nitrogens with one attached hydrogen (secondary N) is 2. The van der Waals surface area contributed by atoms with Crippen molar-refractivity contribution in [2.45, 2.75) is 57.4 Å². The number of rotatable bonds is 7. The Morgan fingerprint density at radius 3 is 2.28 bits per heavy atom. The molecule has 136 valence electrons. The maximum Gasteiger partial charge on any atom is 0.250 e. The molecule has 4 nitrogen and oxygen atoms in total. The standard InChI is InChI=1S/C21H30N2O2/c1-2-7-25-14-20(24)22-18-5-3-4-6-19(18)23-21-11-15-8-16(12-21)10-17(9-15)13-21/h3-6,15-17,23H,2,7-14H2,1H3,(H,22,24). The molecule has 25 heavy (non-hydrogen) atoms. The number of hydrogen-bond acceptors (Lipinski definition) is 3. The second kappa shape index (κ2) is 6.99. The lowest BCUT2D eigenvalue weighted by molar-refractivity contribution is -0.120. The zero-order chi connectivity index (χ0) is 17.3. The van der Waals surface area contributed by atoms with E-state index in [9.17, 15) is 4.79 Å². The van der Waals surface area contributed by atoms with Crippen LogP contribution in [0.4, 0.5) is 11.4 Å². The summed E-state index contributed by atoms with van der Waals surface area (Å²) in [6, 6.07) is 8.11. The van der Waals surface area contributed by atoms with Gasteiger partial charge in [-0.15, -0.1) is 0 Å². The molecule has 0 spiro atoms. The summed E-state index contributed by atoms with van der Waals surface area (Å²) in [6.45, 7) is 2.79. The van der Waals surface area contributed by atoms with Crippen molar-refractivity contribution in [3.8, 4) is 0 Å². The van der Waals surface area contributed by atoms with Crippen molar-refractivity contribution < 1.29 is 9.53 Å². The predicted molar refractivity (Wildman–Crippen MR) is 101 cm³/mol. The quantitative estimate of drug-likeness (QED) is 0.721. The third-order valence-electron chi connectivity index (χ3n) is 6.22. The molecule has 0 saturated heterocycles. The molecule has 4 bridgehead atoms. The maximum atomic E-state index is 12.1. The first-order valence-electron chi connectivity index (χ1n) is 9.90. The fraction of sp³-hybridized carbons (Fsp3) is 0.667. The molecule has 4 saturated carbocycles. The van der Waals surface area contributed by atoms with Crippen LogP contribution in [0.1, 0.15) is 51.9 Å². The van der Waals surface area contributed by atoms with Gasteiger partial charge in [0.25, 0.3) is 0 Å². The molecule has 5 rings (SSSR count). The number of carbonyl (C=O) groups is 1. The fourth-order valence-corrected chi connectivity index (χ4v) is 5.75. The van der Waals surface area contributed by atoms with Crippen LogP contribution in [0.2, 0.25) is 0 Å². The summed E-state index contributed by atoms with van der Waals surface area (Å²) in [5.41, 5.74) is 2.19. The molecule has 0 heterocycles. The Bertz CT molecular complexity index is 593. The van der Waals surface area contributed by atoms with Gasteiger partial charge < -0.3 is 15.4 Å². The molecule has 0 aromatic heterocycles. The summed E-state index contributed by atoms with van der Waals surface area (Å²) in [5, 5.41) is 6.90. The van der Waals surface area contributed by atoms with Gasteiger partial charge in [-0.25, -0.2) is 0 Å². The van der Waals surface area contributed by atoms with Crippen molar-refractivity contribution in [2.75, 3.05) is 23.8 Å². The van der Waals surface area contributed by atoms with Crippen molar-refractivity contribution in [1.82, 2.24) is 0 Å². The first-order valence-corrected chi connectivity index (χ1v) is 9.90. The van der Waals surface area contributed by atoms with Crippen LogP contribution in [-0.2, 0) is 9.53 Å². The zero-order valence-corrected chi connectivity index (χ0v) is 15.2. The van der Waals surface area contributed by atoms with E-state index in [2.05, 4.69) is 16.7 Å². The summed E-state index contributed by atoms with van der Waals surface area (Å²) in [5.74, 6) is 2.64. The smallest absolute Gasteiger partial charge is 0.250 e. The minimum Gasteiger partial charge on any atom is -0.378 e. The van der Waals surface area contributed by atoms with Crippen molar-refractivity contribution >= 4 is 17.3 Å². The van der Waals surface area contributed by atoms with E-state index in [1.807, 2.05) is 25.1 Å². The van der Waals surface area contributed by atoms with E-state index in [1.165, 1.54) is 38.5 Å². The Labute approximate surface area is 150 Å². The number of carbonyl (C=O) groups excluding carboxylic acids is 1. The van der Waals surface area contributed by atoms with Crippen LogP contribution >= 0.6 is 0 Å². The van der Waals surface area contributed by atoms with E-state index in [-0.39, 0.29) is 18.1 Å². The third kappa shape index (κ3) is 3.69. The van der Waals surface area contributed by atoms with Gasteiger partial charge in [-0.05, 0) is 74.8 Å². The second-order valence-electron chi connectivity index (χ2n) is 8.47. The van der Waals surface area contributed by atoms with Gasteiger partial charge in [-0.2, -0.15) is 0 Å². The van der Waals surface area contributed by atoms with E-state index >= 15 is 0 Å². The number of benzene rings is 1. The minimum absolute atomic E-state index is 0.0757. The van der Waals surface area contributed by atoms with Crippen LogP contribution in [0.15, 0.2) is 24.3 Å². The van der Waals surface area contributed by atoms with Gasteiger partial charge >= 0.3 is 0 Å². The second-order valence-corrected chi connectivity index (χ2v) is 8.47. The van der Waals surface area contributed by atoms with E-state index < -0.39 is 0 Å². The van der Waals surface area contributed by atoms with Gasteiger partial charge in [0.2, 0.25) is 5.91 Å². The Kier molecular flexibility index (Phi) is 4.72. The van der Waals surface area contributed by atoms with E-state index in [4.69, 9.17) is 4.74 Å². The van der Waals surface area contributed by atoms with E-state index in [0.717, 1.165) is 35.5 Å². The number of ether oxygens (including phenoxy) is 1. The predicted octanol–water partition coefficient (Wildman–Crippen LogP) is 4.43. The number of para-hydroxylation sites is 2. The number of anilines is 2. The van der Waals surface area contributed by atoms with Crippen LogP contribution in [0.5, 0.6) is 0 Å². The molecule has 1 aromatic carbocycles. The topological polar surface area (TPSA) is 50.4 Å². The van der Waals surface area contributed by atoms with Crippen molar-refractivity contribution in [1.29, 1.82) is 0 Å². The third-order valence-corrected chi connectivity index (χ3v) is 6.22. The first-order chi connectivity index (χ1) is 12.2. The molecule has 1 amide bonds. The maximum absolute atomic E-state index is 12.1. The highest BCUT2D eigenvalue weighted by molar-refractivity contribution is 5.95. The average molecular weight is 342 g/mol. The summed E-state index contributed by atoms with van der Waals surface area (Å²) < 4.78 is 5.36. The van der Waals surface area contributed by atoms with Gasteiger partial charge in [-0.1, -0.05) is 19.1 Å². The van der Waals surface area contributed by atoms with Gasteiger partial charge in [0, 0.05) is 12.1 Å². The molecule has 4 aliphatic carbocycles. The monoisotopic (exact) mass is 342 g/mol. The SMILES string of the molecule is CCCOCC(=O)Nc1ccccc1NC12CC3CC(CC(C3)C1)C2. The Hall–Kier alpha value is -1.55. The van der Waals surface area contributed by atoms with Gasteiger partial charge in [0.15, 0.2) is 0 Å². The molecule has 4 aliphatic rings. The van der Waals surface area contributed by atoms with E-state index in [0.29, 0.717) is 6.61 Å². The Balaban J connectivity index is 1.45. The molecule has 2 N–H and O–H groups in total.